The third kappa shape index (κ3) is 3.23. The third-order valence-electron chi connectivity index (χ3n) is 2.84. The maximum Gasteiger partial charge on any atom is 0.263 e. The zero-order valence-electron chi connectivity index (χ0n) is 11.4. The minimum Gasteiger partial charge on any atom is -0.397 e. The summed E-state index contributed by atoms with van der Waals surface area (Å²) in [5, 5.41) is 4.31. The van der Waals surface area contributed by atoms with E-state index in [4.69, 9.17) is 22.1 Å². The number of nitrogen functional groups attached to an aromatic ring is 1. The molecular formula is C14H17ClN2O2S. The Morgan fingerprint density at radius 3 is 3.00 bits per heavy atom. The fourth-order valence-electron chi connectivity index (χ4n) is 1.88. The number of benzene rings is 1. The van der Waals surface area contributed by atoms with Crippen molar-refractivity contribution in [3.63, 3.8) is 0 Å². The van der Waals surface area contributed by atoms with Gasteiger partial charge in [0, 0.05) is 27.8 Å². The van der Waals surface area contributed by atoms with Crippen LogP contribution in [0.4, 0.5) is 5.69 Å². The molecule has 0 saturated heterocycles. The number of ether oxygens (including phenoxy) is 1. The minimum absolute atomic E-state index is 0.0596. The molecule has 3 N–H and O–H groups in total. The normalized spacial score (nSPS) is 12.6. The molecule has 20 heavy (non-hydrogen) atoms. The van der Waals surface area contributed by atoms with Gasteiger partial charge in [-0.3, -0.25) is 4.79 Å². The van der Waals surface area contributed by atoms with E-state index in [-0.39, 0.29) is 11.9 Å². The predicted molar refractivity (Wildman–Crippen MR) is 84.7 cm³/mol. The van der Waals surface area contributed by atoms with Crippen LogP contribution in [0.25, 0.3) is 10.1 Å². The van der Waals surface area contributed by atoms with Crippen molar-refractivity contribution < 1.29 is 9.53 Å². The Bertz CT molecular complexity index is 627. The molecule has 1 heterocycles. The first-order valence-electron chi connectivity index (χ1n) is 6.39. The lowest BCUT2D eigenvalue weighted by Gasteiger charge is -2.13. The summed E-state index contributed by atoms with van der Waals surface area (Å²) in [6.07, 6.45) is 0. The maximum atomic E-state index is 12.2. The standard InChI is InChI=1S/C14H17ClN2O2S/c1-3-19-7-8(2)17-14(18)13-12(16)10-6-9(15)4-5-11(10)20-13/h4-6,8H,3,7,16H2,1-2H3,(H,17,18). The smallest absolute Gasteiger partial charge is 0.263 e. The number of halogens is 1. The molecule has 2 rings (SSSR count). The first-order chi connectivity index (χ1) is 9.52. The van der Waals surface area contributed by atoms with Gasteiger partial charge in [-0.15, -0.1) is 11.3 Å². The van der Waals surface area contributed by atoms with Crippen LogP contribution < -0.4 is 11.1 Å². The Kier molecular flexibility index (Phi) is 4.86. The molecule has 1 amide bonds. The van der Waals surface area contributed by atoms with Crippen LogP contribution in [0.15, 0.2) is 18.2 Å². The largest absolute Gasteiger partial charge is 0.397 e. The second-order valence-corrected chi connectivity index (χ2v) is 6.01. The molecule has 1 aromatic heterocycles. The van der Waals surface area contributed by atoms with Crippen LogP contribution in [0.3, 0.4) is 0 Å². The summed E-state index contributed by atoms with van der Waals surface area (Å²) < 4.78 is 6.23. The lowest BCUT2D eigenvalue weighted by molar-refractivity contribution is 0.0876. The Balaban J connectivity index is 2.20. The first kappa shape index (κ1) is 15.1. The molecule has 1 unspecified atom stereocenters. The number of hydrogen-bond acceptors (Lipinski definition) is 4. The molecule has 1 atom stereocenters. The fraction of sp³-hybridized carbons (Fsp3) is 0.357. The highest BCUT2D eigenvalue weighted by atomic mass is 35.5. The van der Waals surface area contributed by atoms with Gasteiger partial charge in [0.25, 0.3) is 5.91 Å². The van der Waals surface area contributed by atoms with Crippen molar-refractivity contribution in [3.8, 4) is 0 Å². The Hall–Kier alpha value is -1.30. The second-order valence-electron chi connectivity index (χ2n) is 4.52. The number of nitrogens with two attached hydrogens (primary N) is 1. The van der Waals surface area contributed by atoms with Gasteiger partial charge in [0.05, 0.1) is 12.3 Å². The summed E-state index contributed by atoms with van der Waals surface area (Å²) in [6.45, 7) is 4.93. The maximum absolute atomic E-state index is 12.2. The van der Waals surface area contributed by atoms with Crippen molar-refractivity contribution >= 4 is 44.6 Å². The van der Waals surface area contributed by atoms with Gasteiger partial charge in [-0.05, 0) is 32.0 Å². The summed E-state index contributed by atoms with van der Waals surface area (Å²) in [6, 6.07) is 5.39. The topological polar surface area (TPSA) is 64.3 Å². The number of nitrogens with one attached hydrogen (secondary N) is 1. The monoisotopic (exact) mass is 312 g/mol. The van der Waals surface area contributed by atoms with E-state index in [9.17, 15) is 4.79 Å². The van der Waals surface area contributed by atoms with Crippen molar-refractivity contribution in [2.45, 2.75) is 19.9 Å². The number of carbonyl (C=O) groups is 1. The number of anilines is 1. The van der Waals surface area contributed by atoms with Crippen LogP contribution in [-0.2, 0) is 4.74 Å². The van der Waals surface area contributed by atoms with Gasteiger partial charge in [0.1, 0.15) is 4.88 Å². The molecule has 1 aromatic carbocycles. The van der Waals surface area contributed by atoms with Crippen LogP contribution in [-0.4, -0.2) is 25.2 Å². The number of rotatable bonds is 5. The molecule has 0 fully saturated rings. The number of carbonyl (C=O) groups excluding carboxylic acids is 1. The van der Waals surface area contributed by atoms with Gasteiger partial charge >= 0.3 is 0 Å². The van der Waals surface area contributed by atoms with Crippen LogP contribution in [0.1, 0.15) is 23.5 Å². The Morgan fingerprint density at radius 1 is 1.55 bits per heavy atom. The van der Waals surface area contributed by atoms with Crippen molar-refractivity contribution in [3.05, 3.63) is 28.1 Å². The molecule has 108 valence electrons. The van der Waals surface area contributed by atoms with E-state index in [1.807, 2.05) is 19.9 Å². The van der Waals surface area contributed by atoms with E-state index in [1.165, 1.54) is 11.3 Å². The second kappa shape index (κ2) is 6.43. The highest BCUT2D eigenvalue weighted by Gasteiger charge is 2.18. The molecule has 0 aliphatic rings. The van der Waals surface area contributed by atoms with Crippen molar-refractivity contribution in [2.24, 2.45) is 0 Å². The lowest BCUT2D eigenvalue weighted by Crippen LogP contribution is -2.35. The van der Waals surface area contributed by atoms with Crippen LogP contribution in [0.2, 0.25) is 5.02 Å². The predicted octanol–water partition coefficient (Wildman–Crippen LogP) is 3.29. The lowest BCUT2D eigenvalue weighted by atomic mass is 10.2. The molecular weight excluding hydrogens is 296 g/mol. The van der Waals surface area contributed by atoms with E-state index in [1.54, 1.807) is 12.1 Å². The molecule has 6 heteroatoms. The van der Waals surface area contributed by atoms with Gasteiger partial charge < -0.3 is 15.8 Å². The van der Waals surface area contributed by atoms with Crippen molar-refractivity contribution in [1.82, 2.24) is 5.32 Å². The zero-order valence-corrected chi connectivity index (χ0v) is 13.0. The average Bonchev–Trinajstić information content (AvgIpc) is 2.74. The highest BCUT2D eigenvalue weighted by molar-refractivity contribution is 7.21. The molecule has 4 nitrogen and oxygen atoms in total. The van der Waals surface area contributed by atoms with Crippen molar-refractivity contribution in [2.75, 3.05) is 18.9 Å². The number of hydrogen-bond donors (Lipinski definition) is 2. The molecule has 0 radical (unpaired) electrons. The van der Waals surface area contributed by atoms with E-state index < -0.39 is 0 Å². The molecule has 0 aliphatic carbocycles. The van der Waals surface area contributed by atoms with E-state index in [0.29, 0.717) is 28.8 Å². The van der Waals surface area contributed by atoms with Crippen LogP contribution in [0, 0.1) is 0 Å². The van der Waals surface area contributed by atoms with Gasteiger partial charge in [-0.1, -0.05) is 11.6 Å². The van der Waals surface area contributed by atoms with Gasteiger partial charge in [0.2, 0.25) is 0 Å². The molecule has 0 spiro atoms. The number of fused-ring (bicyclic) bond motifs is 1. The van der Waals surface area contributed by atoms with Crippen molar-refractivity contribution in [1.29, 1.82) is 0 Å². The third-order valence-corrected chi connectivity index (χ3v) is 4.26. The molecule has 0 bridgehead atoms. The summed E-state index contributed by atoms with van der Waals surface area (Å²) in [5.41, 5.74) is 6.52. The first-order valence-corrected chi connectivity index (χ1v) is 7.58. The van der Waals surface area contributed by atoms with E-state index in [2.05, 4.69) is 5.32 Å². The fourth-order valence-corrected chi connectivity index (χ4v) is 3.06. The van der Waals surface area contributed by atoms with E-state index >= 15 is 0 Å². The minimum atomic E-state index is -0.174. The molecule has 0 aliphatic heterocycles. The molecule has 2 aromatic rings. The SMILES string of the molecule is CCOCC(C)NC(=O)c1sc2ccc(Cl)cc2c1N. The quantitative estimate of drug-likeness (QED) is 0.890. The van der Waals surface area contributed by atoms with Gasteiger partial charge in [0.15, 0.2) is 0 Å². The van der Waals surface area contributed by atoms with Crippen LogP contribution in [0.5, 0.6) is 0 Å². The molecule has 0 saturated carbocycles. The summed E-state index contributed by atoms with van der Waals surface area (Å²) in [5.74, 6) is -0.174. The Labute approximate surface area is 126 Å². The number of amides is 1. The van der Waals surface area contributed by atoms with Gasteiger partial charge in [-0.25, -0.2) is 0 Å². The Morgan fingerprint density at radius 2 is 2.30 bits per heavy atom. The number of thiophene rings is 1. The van der Waals surface area contributed by atoms with Gasteiger partial charge in [-0.2, -0.15) is 0 Å². The summed E-state index contributed by atoms with van der Waals surface area (Å²) in [7, 11) is 0. The summed E-state index contributed by atoms with van der Waals surface area (Å²) in [4.78, 5) is 12.7. The summed E-state index contributed by atoms with van der Waals surface area (Å²) >= 11 is 7.32. The van der Waals surface area contributed by atoms with Crippen LogP contribution >= 0.6 is 22.9 Å². The average molecular weight is 313 g/mol. The zero-order chi connectivity index (χ0) is 14.7. The highest BCUT2D eigenvalue weighted by Crippen LogP contribution is 2.35. The van der Waals surface area contributed by atoms with E-state index in [0.717, 1.165) is 10.1 Å².